The fourth-order valence-electron chi connectivity index (χ4n) is 3.55. The molecule has 116 valence electrons. The summed E-state index contributed by atoms with van der Waals surface area (Å²) in [6, 6.07) is 9.33. The predicted octanol–water partition coefficient (Wildman–Crippen LogP) is 2.27. The van der Waals surface area contributed by atoms with Crippen molar-refractivity contribution < 1.29 is 9.59 Å². The second kappa shape index (κ2) is 5.70. The molecule has 0 amide bonds. The molecule has 4 heteroatoms. The van der Waals surface area contributed by atoms with Crippen LogP contribution in [0.4, 0.5) is 0 Å². The Morgan fingerprint density at radius 1 is 1.13 bits per heavy atom. The summed E-state index contributed by atoms with van der Waals surface area (Å²) in [5.41, 5.74) is 3.50. The number of nitrogens with one attached hydrogen (secondary N) is 1. The van der Waals surface area contributed by atoms with Crippen LogP contribution in [0.15, 0.2) is 58.6 Å². The Bertz CT molecular complexity index is 759. The van der Waals surface area contributed by atoms with E-state index < -0.39 is 0 Å². The SMILES string of the molecule is O=C1C=C2C=C3CCN=C(C(=O)c4ccccc4)C3NC2CC1. The molecule has 23 heavy (non-hydrogen) atoms. The monoisotopic (exact) mass is 306 g/mol. The Morgan fingerprint density at radius 3 is 2.78 bits per heavy atom. The first kappa shape index (κ1) is 14.3. The number of hydrogen-bond donors (Lipinski definition) is 1. The third-order valence-corrected chi connectivity index (χ3v) is 4.72. The van der Waals surface area contributed by atoms with Crippen LogP contribution in [-0.4, -0.2) is 35.9 Å². The summed E-state index contributed by atoms with van der Waals surface area (Å²) < 4.78 is 0. The lowest BCUT2D eigenvalue weighted by Crippen LogP contribution is -2.52. The minimum atomic E-state index is -0.119. The normalized spacial score (nSPS) is 26.4. The average Bonchev–Trinajstić information content (AvgIpc) is 2.59. The van der Waals surface area contributed by atoms with Crippen LogP contribution in [0.5, 0.6) is 0 Å². The van der Waals surface area contributed by atoms with Gasteiger partial charge in [0.1, 0.15) is 5.71 Å². The lowest BCUT2D eigenvalue weighted by atomic mass is 9.81. The molecule has 0 radical (unpaired) electrons. The summed E-state index contributed by atoms with van der Waals surface area (Å²) in [4.78, 5) is 28.9. The maximum absolute atomic E-state index is 12.8. The van der Waals surface area contributed by atoms with Crippen molar-refractivity contribution in [2.45, 2.75) is 31.3 Å². The quantitative estimate of drug-likeness (QED) is 0.853. The first-order chi connectivity index (χ1) is 11.2. The maximum Gasteiger partial charge on any atom is 0.208 e. The minimum Gasteiger partial charge on any atom is -0.298 e. The summed E-state index contributed by atoms with van der Waals surface area (Å²) in [5.74, 6) is 0.187. The number of carbonyl (C=O) groups excluding carboxylic acids is 2. The van der Waals surface area contributed by atoms with Crippen molar-refractivity contribution >= 4 is 17.3 Å². The first-order valence-electron chi connectivity index (χ1n) is 8.07. The molecule has 1 aliphatic carbocycles. The van der Waals surface area contributed by atoms with Crippen molar-refractivity contribution in [3.05, 3.63) is 59.2 Å². The van der Waals surface area contributed by atoms with E-state index in [9.17, 15) is 9.59 Å². The highest BCUT2D eigenvalue weighted by Gasteiger charge is 2.36. The van der Waals surface area contributed by atoms with Gasteiger partial charge in [0, 0.05) is 24.6 Å². The summed E-state index contributed by atoms with van der Waals surface area (Å²) in [6.07, 6.45) is 6.04. The Morgan fingerprint density at radius 2 is 1.96 bits per heavy atom. The fourth-order valence-corrected chi connectivity index (χ4v) is 3.55. The highest BCUT2D eigenvalue weighted by molar-refractivity contribution is 6.48. The van der Waals surface area contributed by atoms with Gasteiger partial charge < -0.3 is 0 Å². The first-order valence-corrected chi connectivity index (χ1v) is 8.07. The Labute approximate surface area is 135 Å². The highest BCUT2D eigenvalue weighted by Crippen LogP contribution is 2.29. The van der Waals surface area contributed by atoms with E-state index in [1.807, 2.05) is 30.3 Å². The van der Waals surface area contributed by atoms with Crippen LogP contribution in [0.3, 0.4) is 0 Å². The van der Waals surface area contributed by atoms with Gasteiger partial charge >= 0.3 is 0 Å². The summed E-state index contributed by atoms with van der Waals surface area (Å²) >= 11 is 0. The number of ketones is 2. The van der Waals surface area contributed by atoms with Crippen molar-refractivity contribution in [3.63, 3.8) is 0 Å². The molecule has 0 aromatic heterocycles. The van der Waals surface area contributed by atoms with Gasteiger partial charge in [-0.25, -0.2) is 0 Å². The molecule has 2 atom stereocenters. The van der Waals surface area contributed by atoms with E-state index in [-0.39, 0.29) is 23.7 Å². The molecule has 0 spiro atoms. The van der Waals surface area contributed by atoms with Crippen LogP contribution in [0.1, 0.15) is 29.6 Å². The van der Waals surface area contributed by atoms with E-state index in [0.29, 0.717) is 24.2 Å². The zero-order valence-electron chi connectivity index (χ0n) is 12.8. The summed E-state index contributed by atoms with van der Waals surface area (Å²) in [5, 5.41) is 3.54. The van der Waals surface area contributed by atoms with Gasteiger partial charge in [-0.2, -0.15) is 0 Å². The van der Waals surface area contributed by atoms with E-state index in [1.165, 1.54) is 0 Å². The smallest absolute Gasteiger partial charge is 0.208 e. The van der Waals surface area contributed by atoms with Crippen LogP contribution in [0.25, 0.3) is 0 Å². The van der Waals surface area contributed by atoms with E-state index >= 15 is 0 Å². The van der Waals surface area contributed by atoms with Crippen LogP contribution in [0.2, 0.25) is 0 Å². The molecule has 2 heterocycles. The van der Waals surface area contributed by atoms with Crippen molar-refractivity contribution in [2.24, 2.45) is 4.99 Å². The zero-order chi connectivity index (χ0) is 15.8. The number of allylic oxidation sites excluding steroid dienone is 1. The van der Waals surface area contributed by atoms with Crippen LogP contribution < -0.4 is 5.32 Å². The highest BCUT2D eigenvalue weighted by atomic mass is 16.1. The van der Waals surface area contributed by atoms with Crippen molar-refractivity contribution in [3.8, 4) is 0 Å². The molecule has 0 saturated heterocycles. The van der Waals surface area contributed by atoms with Crippen molar-refractivity contribution in [2.75, 3.05) is 6.54 Å². The molecule has 0 bridgehead atoms. The van der Waals surface area contributed by atoms with Gasteiger partial charge in [-0.3, -0.25) is 19.9 Å². The summed E-state index contributed by atoms with van der Waals surface area (Å²) in [7, 11) is 0. The second-order valence-electron chi connectivity index (χ2n) is 6.23. The molecule has 1 aromatic rings. The lowest BCUT2D eigenvalue weighted by molar-refractivity contribution is -0.115. The zero-order valence-corrected chi connectivity index (χ0v) is 12.8. The molecule has 2 unspecified atom stereocenters. The van der Waals surface area contributed by atoms with E-state index in [1.54, 1.807) is 6.08 Å². The van der Waals surface area contributed by atoms with E-state index in [4.69, 9.17) is 0 Å². The molecule has 0 saturated carbocycles. The van der Waals surface area contributed by atoms with Crippen molar-refractivity contribution in [1.29, 1.82) is 0 Å². The molecular weight excluding hydrogens is 288 g/mol. The molecule has 2 aliphatic heterocycles. The number of fused-ring (bicyclic) bond motifs is 2. The van der Waals surface area contributed by atoms with Crippen LogP contribution in [-0.2, 0) is 4.79 Å². The topological polar surface area (TPSA) is 58.5 Å². The van der Waals surface area contributed by atoms with Gasteiger partial charge in [0.05, 0.1) is 6.04 Å². The number of hydrogen-bond acceptors (Lipinski definition) is 4. The second-order valence-corrected chi connectivity index (χ2v) is 6.23. The summed E-state index contributed by atoms with van der Waals surface area (Å²) in [6.45, 7) is 0.629. The van der Waals surface area contributed by atoms with Crippen LogP contribution in [0, 0.1) is 0 Å². The number of rotatable bonds is 2. The van der Waals surface area contributed by atoms with Crippen molar-refractivity contribution in [1.82, 2.24) is 5.32 Å². The van der Waals surface area contributed by atoms with Gasteiger partial charge in [-0.15, -0.1) is 0 Å². The molecule has 1 N–H and O–H groups in total. The van der Waals surface area contributed by atoms with Gasteiger partial charge in [-0.05, 0) is 30.1 Å². The molecule has 1 aromatic carbocycles. The Hall–Kier alpha value is -2.33. The average molecular weight is 306 g/mol. The molecular formula is C19H18N2O2. The maximum atomic E-state index is 12.8. The Balaban J connectivity index is 1.68. The third kappa shape index (κ3) is 2.59. The minimum absolute atomic E-state index is 0.00647. The van der Waals surface area contributed by atoms with Gasteiger partial charge in [0.15, 0.2) is 5.78 Å². The fraction of sp³-hybridized carbons (Fsp3) is 0.316. The molecule has 0 fully saturated rings. The van der Waals surface area contributed by atoms with E-state index in [0.717, 1.165) is 24.0 Å². The molecule has 4 rings (SSSR count). The lowest BCUT2D eigenvalue weighted by Gasteiger charge is -2.37. The number of carbonyl (C=O) groups is 2. The number of Topliss-reactive ketones (excluding diaryl/α,β-unsaturated/α-hetero) is 1. The predicted molar refractivity (Wildman–Crippen MR) is 88.8 cm³/mol. The van der Waals surface area contributed by atoms with Gasteiger partial charge in [0.25, 0.3) is 0 Å². The Kier molecular flexibility index (Phi) is 3.54. The largest absolute Gasteiger partial charge is 0.298 e. The number of benzene rings is 1. The van der Waals surface area contributed by atoms with Gasteiger partial charge in [-0.1, -0.05) is 36.4 Å². The molecule has 4 nitrogen and oxygen atoms in total. The standard InChI is InChI=1S/C19H18N2O2/c22-15-6-7-16-14(11-15)10-13-8-9-20-18(17(13)21-16)19(23)12-4-2-1-3-5-12/h1-5,10-11,16-17,21H,6-9H2. The van der Waals surface area contributed by atoms with Gasteiger partial charge in [0.2, 0.25) is 5.78 Å². The number of nitrogens with zero attached hydrogens (tertiary/aromatic N) is 1. The van der Waals surface area contributed by atoms with E-state index in [2.05, 4.69) is 16.4 Å². The number of aliphatic imine (C=N–C) groups is 1. The molecule has 3 aliphatic rings. The third-order valence-electron chi connectivity index (χ3n) is 4.72. The van der Waals surface area contributed by atoms with Crippen LogP contribution >= 0.6 is 0 Å².